The van der Waals surface area contributed by atoms with Gasteiger partial charge in [-0.25, -0.2) is 4.79 Å². The summed E-state index contributed by atoms with van der Waals surface area (Å²) < 4.78 is 0. The molecule has 0 saturated carbocycles. The predicted octanol–water partition coefficient (Wildman–Crippen LogP) is 0.762. The van der Waals surface area contributed by atoms with E-state index in [9.17, 15) is 4.79 Å². The summed E-state index contributed by atoms with van der Waals surface area (Å²) in [5.41, 5.74) is 0. The maximum atomic E-state index is 10.2. The average Bonchev–Trinajstić information content (AvgIpc) is 2.14. The Morgan fingerprint density at radius 3 is 2.40 bits per heavy atom. The molecule has 0 bridgehead atoms. The van der Waals surface area contributed by atoms with E-state index >= 15 is 0 Å². The summed E-state index contributed by atoms with van der Waals surface area (Å²) in [5.74, 6) is 0. The molecule has 1 N–H and O–H groups in total. The summed E-state index contributed by atoms with van der Waals surface area (Å²) in [7, 11) is 1.82. The van der Waals surface area contributed by atoms with Crippen molar-refractivity contribution in [2.75, 3.05) is 13.7 Å². The lowest BCUT2D eigenvalue weighted by molar-refractivity contribution is 0.156. The molecular weight excluding hydrogens is 156 g/mol. The highest BCUT2D eigenvalue weighted by atomic mass is 35.5. The molecule has 0 spiro atoms. The number of carboxylic acid groups (broad SMARTS) is 1. The highest BCUT2D eigenvalue weighted by molar-refractivity contribution is 5.85. The van der Waals surface area contributed by atoms with Gasteiger partial charge in [0.05, 0.1) is 6.67 Å². The first-order valence-electron chi connectivity index (χ1n) is 2.58. The number of halogens is 1. The van der Waals surface area contributed by atoms with Gasteiger partial charge in [0, 0.05) is 19.4 Å². The minimum absolute atomic E-state index is 0. The smallest absolute Gasteiger partial charge is 0.412 e. The number of rotatable bonds is 0. The molecule has 10 heavy (non-hydrogen) atoms. The maximum absolute atomic E-state index is 10.2. The topological polar surface area (TPSA) is 43.8 Å². The molecule has 1 amide bonds. The van der Waals surface area contributed by atoms with Crippen molar-refractivity contribution in [3.63, 3.8) is 0 Å². The maximum Gasteiger partial charge on any atom is 0.412 e. The molecule has 1 heterocycles. The summed E-state index contributed by atoms with van der Waals surface area (Å²) in [5, 5.41) is 8.38. The first kappa shape index (κ1) is 9.10. The Hall–Kier alpha value is -0.900. The Bertz CT molecular complexity index is 160. The van der Waals surface area contributed by atoms with Crippen LogP contribution in [0.25, 0.3) is 0 Å². The molecule has 0 atom stereocenters. The van der Waals surface area contributed by atoms with Crippen LogP contribution < -0.4 is 0 Å². The second kappa shape index (κ2) is 3.31. The molecule has 0 fully saturated rings. The van der Waals surface area contributed by atoms with E-state index in [1.165, 1.54) is 11.1 Å². The van der Waals surface area contributed by atoms with Crippen LogP contribution in [0.5, 0.6) is 0 Å². The molecule has 0 aromatic heterocycles. The summed E-state index contributed by atoms with van der Waals surface area (Å²) in [4.78, 5) is 13.2. The second-order valence-corrected chi connectivity index (χ2v) is 1.95. The molecule has 0 unspecified atom stereocenters. The van der Waals surface area contributed by atoms with E-state index in [1.54, 1.807) is 11.1 Å². The van der Waals surface area contributed by atoms with Crippen LogP contribution in [0.4, 0.5) is 4.79 Å². The summed E-state index contributed by atoms with van der Waals surface area (Å²) in [6.07, 6.45) is 2.34. The third-order valence-electron chi connectivity index (χ3n) is 1.12. The van der Waals surface area contributed by atoms with Crippen molar-refractivity contribution in [3.8, 4) is 0 Å². The van der Waals surface area contributed by atoms with Crippen molar-refractivity contribution in [3.05, 3.63) is 12.4 Å². The molecular formula is C5H9ClN2O2. The molecule has 1 rings (SSSR count). The van der Waals surface area contributed by atoms with Gasteiger partial charge in [0.2, 0.25) is 0 Å². The zero-order valence-corrected chi connectivity index (χ0v) is 6.34. The molecule has 4 nitrogen and oxygen atoms in total. The molecule has 0 aromatic rings. The predicted molar refractivity (Wildman–Crippen MR) is 38.9 cm³/mol. The highest BCUT2D eigenvalue weighted by Gasteiger charge is 2.13. The van der Waals surface area contributed by atoms with Gasteiger partial charge in [0.15, 0.2) is 0 Å². The fourth-order valence-electron chi connectivity index (χ4n) is 0.653. The van der Waals surface area contributed by atoms with E-state index in [2.05, 4.69) is 0 Å². The van der Waals surface area contributed by atoms with Gasteiger partial charge in [-0.2, -0.15) is 0 Å². The van der Waals surface area contributed by atoms with Gasteiger partial charge in [-0.3, -0.25) is 4.90 Å². The first-order valence-corrected chi connectivity index (χ1v) is 2.58. The van der Waals surface area contributed by atoms with Crippen molar-refractivity contribution >= 4 is 18.5 Å². The van der Waals surface area contributed by atoms with Gasteiger partial charge in [-0.05, 0) is 0 Å². The largest absolute Gasteiger partial charge is 0.465 e. The molecule has 58 valence electrons. The second-order valence-electron chi connectivity index (χ2n) is 1.95. The van der Waals surface area contributed by atoms with Gasteiger partial charge >= 0.3 is 6.09 Å². The molecule has 1 aliphatic rings. The third-order valence-corrected chi connectivity index (χ3v) is 1.12. The van der Waals surface area contributed by atoms with Crippen LogP contribution in [-0.4, -0.2) is 34.7 Å². The zero-order valence-electron chi connectivity index (χ0n) is 5.52. The van der Waals surface area contributed by atoms with Crippen LogP contribution in [-0.2, 0) is 0 Å². The lowest BCUT2D eigenvalue weighted by Crippen LogP contribution is -2.26. The Balaban J connectivity index is 0.000000810. The Morgan fingerprint density at radius 2 is 2.20 bits per heavy atom. The lowest BCUT2D eigenvalue weighted by atomic mass is 10.8. The summed E-state index contributed by atoms with van der Waals surface area (Å²) in [6.45, 7) is 0.440. The Morgan fingerprint density at radius 1 is 1.60 bits per heavy atom. The minimum atomic E-state index is -0.907. The zero-order chi connectivity index (χ0) is 6.85. The Labute approximate surface area is 65.1 Å². The number of amides is 1. The van der Waals surface area contributed by atoms with Gasteiger partial charge < -0.3 is 10.0 Å². The fraction of sp³-hybridized carbons (Fsp3) is 0.400. The molecule has 0 aliphatic carbocycles. The third kappa shape index (κ3) is 1.80. The number of hydrogen-bond donors (Lipinski definition) is 1. The highest BCUT2D eigenvalue weighted by Crippen LogP contribution is 2.02. The van der Waals surface area contributed by atoms with Crippen molar-refractivity contribution < 1.29 is 9.90 Å². The number of nitrogens with zero attached hydrogens (tertiary/aromatic N) is 2. The van der Waals surface area contributed by atoms with E-state index in [0.29, 0.717) is 6.67 Å². The van der Waals surface area contributed by atoms with E-state index in [4.69, 9.17) is 5.11 Å². The minimum Gasteiger partial charge on any atom is -0.465 e. The SMILES string of the molecule is CN1C=CN(C(=O)O)C1.Cl. The normalized spacial score (nSPS) is 15.3. The van der Waals surface area contributed by atoms with Crippen LogP contribution in [0.3, 0.4) is 0 Å². The van der Waals surface area contributed by atoms with Gasteiger partial charge in [-0.15, -0.1) is 12.4 Å². The van der Waals surface area contributed by atoms with Crippen molar-refractivity contribution in [2.45, 2.75) is 0 Å². The van der Waals surface area contributed by atoms with Crippen LogP contribution in [0.15, 0.2) is 12.4 Å². The summed E-state index contributed by atoms with van der Waals surface area (Å²) in [6, 6.07) is 0. The van der Waals surface area contributed by atoms with Gasteiger partial charge in [0.25, 0.3) is 0 Å². The van der Waals surface area contributed by atoms with E-state index in [-0.39, 0.29) is 12.4 Å². The van der Waals surface area contributed by atoms with E-state index in [0.717, 1.165) is 0 Å². The van der Waals surface area contributed by atoms with Gasteiger partial charge in [-0.1, -0.05) is 0 Å². The van der Waals surface area contributed by atoms with E-state index in [1.807, 2.05) is 7.05 Å². The van der Waals surface area contributed by atoms with Crippen LogP contribution >= 0.6 is 12.4 Å². The van der Waals surface area contributed by atoms with Crippen LogP contribution in [0.1, 0.15) is 0 Å². The molecule has 0 aromatic carbocycles. The molecule has 0 radical (unpaired) electrons. The quantitative estimate of drug-likeness (QED) is 0.575. The monoisotopic (exact) mass is 164 g/mol. The lowest BCUT2D eigenvalue weighted by Gasteiger charge is -2.11. The number of hydrogen-bond acceptors (Lipinski definition) is 2. The summed E-state index contributed by atoms with van der Waals surface area (Å²) >= 11 is 0. The molecule has 1 aliphatic heterocycles. The fourth-order valence-corrected chi connectivity index (χ4v) is 0.653. The van der Waals surface area contributed by atoms with Crippen molar-refractivity contribution in [1.29, 1.82) is 0 Å². The van der Waals surface area contributed by atoms with Crippen molar-refractivity contribution in [1.82, 2.24) is 9.80 Å². The van der Waals surface area contributed by atoms with Crippen LogP contribution in [0.2, 0.25) is 0 Å². The standard InChI is InChI=1S/C5H8N2O2.ClH/c1-6-2-3-7(4-6)5(8)9;/h2-3H,4H2,1H3,(H,8,9);1H. The van der Waals surface area contributed by atoms with Gasteiger partial charge in [0.1, 0.15) is 0 Å². The molecule has 0 saturated heterocycles. The van der Waals surface area contributed by atoms with Crippen LogP contribution in [0, 0.1) is 0 Å². The average molecular weight is 165 g/mol. The van der Waals surface area contributed by atoms with Crippen molar-refractivity contribution in [2.24, 2.45) is 0 Å². The van der Waals surface area contributed by atoms with E-state index < -0.39 is 6.09 Å². The first-order chi connectivity index (χ1) is 4.20. The molecule has 5 heteroatoms. The Kier molecular flexibility index (Phi) is 3.02. The number of carbonyl (C=O) groups is 1.